The van der Waals surface area contributed by atoms with Crippen LogP contribution in [0.2, 0.25) is 5.02 Å². The molecule has 0 aliphatic carbocycles. The van der Waals surface area contributed by atoms with E-state index in [0.717, 1.165) is 16.7 Å². The predicted octanol–water partition coefficient (Wildman–Crippen LogP) is 4.55. The number of carbonyl (C=O) groups is 2. The molecule has 1 heterocycles. The molecule has 6 heteroatoms. The summed E-state index contributed by atoms with van der Waals surface area (Å²) in [4.78, 5) is 27.6. The third-order valence-electron chi connectivity index (χ3n) is 5.80. The summed E-state index contributed by atoms with van der Waals surface area (Å²) in [5, 5.41) is 3.78. The highest BCUT2D eigenvalue weighted by Crippen LogP contribution is 2.27. The van der Waals surface area contributed by atoms with Gasteiger partial charge >= 0.3 is 5.97 Å². The van der Waals surface area contributed by atoms with Crippen molar-refractivity contribution in [2.45, 2.75) is 25.0 Å². The Morgan fingerprint density at radius 1 is 1.00 bits per heavy atom. The van der Waals surface area contributed by atoms with Crippen LogP contribution in [0.25, 0.3) is 11.1 Å². The van der Waals surface area contributed by atoms with E-state index in [2.05, 4.69) is 5.32 Å². The maximum Gasteiger partial charge on any atom is 0.323 e. The van der Waals surface area contributed by atoms with Gasteiger partial charge in [-0.25, -0.2) is 0 Å². The second-order valence-electron chi connectivity index (χ2n) is 7.88. The first kappa shape index (κ1) is 22.1. The summed E-state index contributed by atoms with van der Waals surface area (Å²) in [7, 11) is 1.39. The number of benzene rings is 3. The molecule has 0 unspecified atom stereocenters. The smallest absolute Gasteiger partial charge is 0.323 e. The van der Waals surface area contributed by atoms with Gasteiger partial charge < -0.3 is 10.1 Å². The van der Waals surface area contributed by atoms with Crippen molar-refractivity contribution in [3.63, 3.8) is 0 Å². The molecular formula is C26H25ClN2O3. The van der Waals surface area contributed by atoms with Crippen molar-refractivity contribution in [1.29, 1.82) is 0 Å². The van der Waals surface area contributed by atoms with E-state index in [1.165, 1.54) is 7.11 Å². The maximum atomic E-state index is 13.2. The highest BCUT2D eigenvalue weighted by atomic mass is 35.5. The summed E-state index contributed by atoms with van der Waals surface area (Å²) in [6.07, 6.45) is 0.483. The first-order chi connectivity index (χ1) is 15.6. The average Bonchev–Trinajstić information content (AvgIpc) is 3.22. The molecule has 1 aliphatic heterocycles. The average molecular weight is 449 g/mol. The van der Waals surface area contributed by atoms with Crippen molar-refractivity contribution in [1.82, 2.24) is 10.2 Å². The largest absolute Gasteiger partial charge is 0.468 e. The Hall–Kier alpha value is -3.15. The number of nitrogens with one attached hydrogen (secondary N) is 1. The fourth-order valence-corrected chi connectivity index (χ4v) is 4.42. The summed E-state index contributed by atoms with van der Waals surface area (Å²) in [5.41, 5.74) is 3.40. The van der Waals surface area contributed by atoms with Crippen LogP contribution in [-0.4, -0.2) is 42.5 Å². The van der Waals surface area contributed by atoms with Crippen LogP contribution < -0.4 is 5.32 Å². The highest BCUT2D eigenvalue weighted by molar-refractivity contribution is 6.31. The molecule has 4 rings (SSSR count). The van der Waals surface area contributed by atoms with E-state index in [9.17, 15) is 9.59 Å². The molecule has 1 amide bonds. The van der Waals surface area contributed by atoms with Gasteiger partial charge in [0.25, 0.3) is 5.91 Å². The van der Waals surface area contributed by atoms with Crippen LogP contribution >= 0.6 is 11.6 Å². The number of methoxy groups -OCH3 is 1. The first-order valence-electron chi connectivity index (χ1n) is 10.6. The molecule has 0 spiro atoms. The number of hydrogen-bond donors (Lipinski definition) is 1. The second-order valence-corrected chi connectivity index (χ2v) is 8.28. The van der Waals surface area contributed by atoms with Gasteiger partial charge in [0.05, 0.1) is 7.11 Å². The number of nitrogens with zero attached hydrogens (tertiary/aromatic N) is 1. The normalized spacial score (nSPS) is 18.3. The fourth-order valence-electron chi connectivity index (χ4n) is 4.22. The lowest BCUT2D eigenvalue weighted by Gasteiger charge is -2.22. The highest BCUT2D eigenvalue weighted by Gasteiger charge is 2.38. The summed E-state index contributed by atoms with van der Waals surface area (Å²) >= 11 is 6.33. The SMILES string of the molecule is COC(=O)[C@@H]1C[C@@H](NC(=O)c2ccccc2-c2ccccc2)CN1Cc1ccccc1Cl. The minimum atomic E-state index is -0.439. The van der Waals surface area contributed by atoms with Crippen molar-refractivity contribution in [3.05, 3.63) is 95.0 Å². The topological polar surface area (TPSA) is 58.6 Å². The van der Waals surface area contributed by atoms with Crippen LogP contribution in [0.1, 0.15) is 22.3 Å². The maximum absolute atomic E-state index is 13.2. The lowest BCUT2D eigenvalue weighted by Crippen LogP contribution is -2.38. The van der Waals surface area contributed by atoms with E-state index >= 15 is 0 Å². The van der Waals surface area contributed by atoms with Gasteiger partial charge in [-0.15, -0.1) is 0 Å². The van der Waals surface area contributed by atoms with Crippen LogP contribution in [0, 0.1) is 0 Å². The molecule has 1 N–H and O–H groups in total. The Kier molecular flexibility index (Phi) is 6.88. The number of hydrogen-bond acceptors (Lipinski definition) is 4. The molecule has 1 saturated heterocycles. The van der Waals surface area contributed by atoms with Crippen molar-refractivity contribution < 1.29 is 14.3 Å². The molecule has 164 valence electrons. The molecule has 5 nitrogen and oxygen atoms in total. The summed E-state index contributed by atoms with van der Waals surface area (Å²) in [6, 6.07) is 24.3. The number of esters is 1. The monoisotopic (exact) mass is 448 g/mol. The zero-order valence-corrected chi connectivity index (χ0v) is 18.6. The molecule has 0 saturated carbocycles. The molecular weight excluding hydrogens is 424 g/mol. The second kappa shape index (κ2) is 9.98. The van der Waals surface area contributed by atoms with E-state index in [1.807, 2.05) is 83.8 Å². The molecule has 3 aromatic rings. The summed E-state index contributed by atoms with van der Waals surface area (Å²) in [6.45, 7) is 1.04. The minimum Gasteiger partial charge on any atom is -0.468 e. The van der Waals surface area contributed by atoms with Gasteiger partial charge in [-0.05, 0) is 35.2 Å². The van der Waals surface area contributed by atoms with Crippen molar-refractivity contribution in [3.8, 4) is 11.1 Å². The first-order valence-corrected chi connectivity index (χ1v) is 10.9. The number of amides is 1. The summed E-state index contributed by atoms with van der Waals surface area (Å²) < 4.78 is 5.02. The quantitative estimate of drug-likeness (QED) is 0.562. The van der Waals surface area contributed by atoms with Gasteiger partial charge in [0.2, 0.25) is 0 Å². The standard InChI is InChI=1S/C26H25ClN2O3/c1-32-26(31)24-15-20(17-29(24)16-19-11-5-8-14-23(19)27)28-25(30)22-13-7-6-12-21(22)18-9-3-2-4-10-18/h2-14,20,24H,15-17H2,1H3,(H,28,30)/t20-,24+/m1/s1. The third-order valence-corrected chi connectivity index (χ3v) is 6.17. The number of rotatable bonds is 6. The van der Waals surface area contributed by atoms with Gasteiger partial charge in [-0.1, -0.05) is 78.3 Å². The zero-order valence-electron chi connectivity index (χ0n) is 17.8. The molecule has 0 radical (unpaired) electrons. The Morgan fingerprint density at radius 2 is 1.69 bits per heavy atom. The van der Waals surface area contributed by atoms with Crippen LogP contribution in [0.3, 0.4) is 0 Å². The van der Waals surface area contributed by atoms with E-state index in [-0.39, 0.29) is 17.9 Å². The van der Waals surface area contributed by atoms with Gasteiger partial charge in [0.1, 0.15) is 6.04 Å². The summed E-state index contributed by atoms with van der Waals surface area (Å²) in [5.74, 6) is -0.462. The van der Waals surface area contributed by atoms with E-state index in [4.69, 9.17) is 16.3 Å². The number of likely N-dealkylation sites (tertiary alicyclic amines) is 1. The van der Waals surface area contributed by atoms with E-state index < -0.39 is 6.04 Å². The van der Waals surface area contributed by atoms with E-state index in [1.54, 1.807) is 0 Å². The van der Waals surface area contributed by atoms with Gasteiger partial charge in [-0.2, -0.15) is 0 Å². The molecule has 0 bridgehead atoms. The van der Waals surface area contributed by atoms with Crippen molar-refractivity contribution >= 4 is 23.5 Å². The third kappa shape index (κ3) is 4.85. The molecule has 3 aromatic carbocycles. The van der Waals surface area contributed by atoms with Crippen LogP contribution in [-0.2, 0) is 16.1 Å². The molecule has 1 fully saturated rings. The van der Waals surface area contributed by atoms with Gasteiger partial charge in [0.15, 0.2) is 0 Å². The van der Waals surface area contributed by atoms with Crippen molar-refractivity contribution in [2.75, 3.05) is 13.7 Å². The molecule has 2 atom stereocenters. The van der Waals surface area contributed by atoms with Crippen LogP contribution in [0.5, 0.6) is 0 Å². The Balaban J connectivity index is 1.52. The Bertz CT molecular complexity index is 1100. The lowest BCUT2D eigenvalue weighted by atomic mass is 9.99. The van der Waals surface area contributed by atoms with Crippen LogP contribution in [0.15, 0.2) is 78.9 Å². The zero-order chi connectivity index (χ0) is 22.5. The Morgan fingerprint density at radius 3 is 2.44 bits per heavy atom. The van der Waals surface area contributed by atoms with Crippen molar-refractivity contribution in [2.24, 2.45) is 0 Å². The van der Waals surface area contributed by atoms with E-state index in [0.29, 0.717) is 30.1 Å². The van der Waals surface area contributed by atoms with Crippen LogP contribution in [0.4, 0.5) is 0 Å². The molecule has 1 aliphatic rings. The molecule has 0 aromatic heterocycles. The van der Waals surface area contributed by atoms with Gasteiger partial charge in [0, 0.05) is 29.7 Å². The number of carbonyl (C=O) groups excluding carboxylic acids is 2. The minimum absolute atomic E-state index is 0.155. The lowest BCUT2D eigenvalue weighted by molar-refractivity contribution is -0.146. The molecule has 32 heavy (non-hydrogen) atoms. The fraction of sp³-hybridized carbons (Fsp3) is 0.231. The Labute approximate surface area is 193 Å². The number of halogens is 1. The number of ether oxygens (including phenoxy) is 1. The van der Waals surface area contributed by atoms with Gasteiger partial charge in [-0.3, -0.25) is 14.5 Å². The predicted molar refractivity (Wildman–Crippen MR) is 125 cm³/mol.